The number of thiazole rings is 1. The second-order valence-corrected chi connectivity index (χ2v) is 10.2. The summed E-state index contributed by atoms with van der Waals surface area (Å²) in [6.45, 7) is 2.10. The van der Waals surface area contributed by atoms with Crippen LogP contribution in [0.5, 0.6) is 0 Å². The van der Waals surface area contributed by atoms with Gasteiger partial charge in [0.05, 0.1) is 15.6 Å². The molecule has 1 aliphatic rings. The Morgan fingerprint density at radius 3 is 2.64 bits per heavy atom. The van der Waals surface area contributed by atoms with Gasteiger partial charge in [-0.25, -0.2) is 18.1 Å². The molecule has 4 nitrogen and oxygen atoms in total. The highest BCUT2D eigenvalue weighted by Crippen LogP contribution is 2.33. The van der Waals surface area contributed by atoms with Crippen LogP contribution in [0.4, 0.5) is 0 Å². The van der Waals surface area contributed by atoms with Gasteiger partial charge in [-0.05, 0) is 61.9 Å². The third-order valence-electron chi connectivity index (χ3n) is 5.05. The standard InChI is InChI=1S/C21H21ClN2O2S2/c1-14-20(27-21(24-14)18-8-4-5-9-19(18)22)13-23-28(25,26)17-11-10-15-6-2-3-7-16(15)12-17/h4-5,8-12,23H,2-3,6-7,13H2,1H3. The lowest BCUT2D eigenvalue weighted by Crippen LogP contribution is -2.23. The Labute approximate surface area is 174 Å². The first-order valence-corrected chi connectivity index (χ1v) is 11.9. The fourth-order valence-corrected chi connectivity index (χ4v) is 5.92. The van der Waals surface area contributed by atoms with Crippen LogP contribution in [0.3, 0.4) is 0 Å². The molecular formula is C21H21ClN2O2S2. The summed E-state index contributed by atoms with van der Waals surface area (Å²) in [6.07, 6.45) is 4.28. The van der Waals surface area contributed by atoms with Crippen LogP contribution in [0.25, 0.3) is 10.6 Å². The molecule has 3 aromatic rings. The molecule has 0 aliphatic heterocycles. The predicted octanol–water partition coefficient (Wildman–Crippen LogP) is 5.13. The highest BCUT2D eigenvalue weighted by Gasteiger charge is 2.19. The van der Waals surface area contributed by atoms with Crippen molar-refractivity contribution in [2.45, 2.75) is 44.0 Å². The molecule has 0 radical (unpaired) electrons. The Kier molecular flexibility index (Phi) is 5.56. The van der Waals surface area contributed by atoms with Gasteiger partial charge in [-0.2, -0.15) is 0 Å². The second kappa shape index (κ2) is 7.95. The molecule has 0 amide bonds. The smallest absolute Gasteiger partial charge is 0.240 e. The van der Waals surface area contributed by atoms with Crippen molar-refractivity contribution in [1.29, 1.82) is 0 Å². The van der Waals surface area contributed by atoms with E-state index in [1.165, 1.54) is 23.3 Å². The molecule has 0 saturated carbocycles. The molecule has 0 unspecified atom stereocenters. The van der Waals surface area contributed by atoms with E-state index in [9.17, 15) is 8.42 Å². The number of nitrogens with one attached hydrogen (secondary N) is 1. The molecule has 28 heavy (non-hydrogen) atoms. The summed E-state index contributed by atoms with van der Waals surface area (Å²) in [6, 6.07) is 13.0. The average Bonchev–Trinajstić information content (AvgIpc) is 3.07. The largest absolute Gasteiger partial charge is 0.241 e. The van der Waals surface area contributed by atoms with Gasteiger partial charge in [0.15, 0.2) is 0 Å². The molecule has 7 heteroatoms. The van der Waals surface area contributed by atoms with E-state index >= 15 is 0 Å². The number of aryl methyl sites for hydroxylation is 3. The maximum atomic E-state index is 12.8. The van der Waals surface area contributed by atoms with Gasteiger partial charge in [0, 0.05) is 17.0 Å². The molecule has 2 aromatic carbocycles. The van der Waals surface area contributed by atoms with Crippen LogP contribution in [0, 0.1) is 6.92 Å². The van der Waals surface area contributed by atoms with E-state index in [0.717, 1.165) is 46.0 Å². The molecule has 0 spiro atoms. The summed E-state index contributed by atoms with van der Waals surface area (Å²) in [5.41, 5.74) is 4.10. The number of benzene rings is 2. The molecular weight excluding hydrogens is 412 g/mol. The zero-order valence-electron chi connectivity index (χ0n) is 15.5. The van der Waals surface area contributed by atoms with E-state index in [0.29, 0.717) is 9.92 Å². The number of aromatic nitrogens is 1. The maximum absolute atomic E-state index is 12.8. The third-order valence-corrected chi connectivity index (χ3v) is 7.97. The summed E-state index contributed by atoms with van der Waals surface area (Å²) in [5, 5.41) is 1.43. The van der Waals surface area contributed by atoms with Crippen molar-refractivity contribution in [2.24, 2.45) is 0 Å². The van der Waals surface area contributed by atoms with E-state index in [1.54, 1.807) is 6.07 Å². The van der Waals surface area contributed by atoms with Gasteiger partial charge in [-0.3, -0.25) is 0 Å². The average molecular weight is 433 g/mol. The second-order valence-electron chi connectivity index (χ2n) is 6.97. The lowest BCUT2D eigenvalue weighted by atomic mass is 9.92. The number of nitrogens with zero attached hydrogens (tertiary/aromatic N) is 1. The number of halogens is 1. The number of sulfonamides is 1. The van der Waals surface area contributed by atoms with Crippen LogP contribution in [0.1, 0.15) is 34.5 Å². The monoisotopic (exact) mass is 432 g/mol. The maximum Gasteiger partial charge on any atom is 0.240 e. The summed E-state index contributed by atoms with van der Waals surface area (Å²) in [5.74, 6) is 0. The molecule has 0 saturated heterocycles. The van der Waals surface area contributed by atoms with Gasteiger partial charge >= 0.3 is 0 Å². The number of fused-ring (bicyclic) bond motifs is 1. The van der Waals surface area contributed by atoms with Gasteiger partial charge in [-0.1, -0.05) is 35.9 Å². The molecule has 1 aliphatic carbocycles. The minimum Gasteiger partial charge on any atom is -0.241 e. The molecule has 0 atom stereocenters. The van der Waals surface area contributed by atoms with Crippen LogP contribution in [-0.2, 0) is 29.4 Å². The van der Waals surface area contributed by atoms with Gasteiger partial charge in [-0.15, -0.1) is 11.3 Å². The van der Waals surface area contributed by atoms with Crippen molar-refractivity contribution in [1.82, 2.24) is 9.71 Å². The quantitative estimate of drug-likeness (QED) is 0.608. The summed E-state index contributed by atoms with van der Waals surface area (Å²) in [7, 11) is -3.57. The molecule has 0 fully saturated rings. The first-order valence-electron chi connectivity index (χ1n) is 9.27. The minimum atomic E-state index is -3.57. The summed E-state index contributed by atoms with van der Waals surface area (Å²) >= 11 is 7.73. The SMILES string of the molecule is Cc1nc(-c2ccccc2Cl)sc1CNS(=O)(=O)c1ccc2c(c1)CCCC2. The molecule has 146 valence electrons. The van der Waals surface area contributed by atoms with Crippen molar-refractivity contribution < 1.29 is 8.42 Å². The van der Waals surface area contributed by atoms with Crippen LogP contribution >= 0.6 is 22.9 Å². The fraction of sp³-hybridized carbons (Fsp3) is 0.286. The molecule has 1 N–H and O–H groups in total. The number of hydrogen-bond donors (Lipinski definition) is 1. The Balaban J connectivity index is 1.53. The van der Waals surface area contributed by atoms with E-state index in [-0.39, 0.29) is 6.54 Å². The summed E-state index contributed by atoms with van der Waals surface area (Å²) < 4.78 is 28.3. The zero-order valence-corrected chi connectivity index (χ0v) is 17.9. The van der Waals surface area contributed by atoms with Crippen LogP contribution in [-0.4, -0.2) is 13.4 Å². The normalized spacial score (nSPS) is 14.1. The van der Waals surface area contributed by atoms with Crippen molar-refractivity contribution in [3.63, 3.8) is 0 Å². The first-order chi connectivity index (χ1) is 13.4. The van der Waals surface area contributed by atoms with Gasteiger partial charge < -0.3 is 0 Å². The van der Waals surface area contributed by atoms with Crippen molar-refractivity contribution >= 4 is 33.0 Å². The van der Waals surface area contributed by atoms with Gasteiger partial charge in [0.25, 0.3) is 0 Å². The number of hydrogen-bond acceptors (Lipinski definition) is 4. The Bertz CT molecular complexity index is 1120. The summed E-state index contributed by atoms with van der Waals surface area (Å²) in [4.78, 5) is 5.79. The highest BCUT2D eigenvalue weighted by molar-refractivity contribution is 7.89. The van der Waals surface area contributed by atoms with Crippen LogP contribution in [0.15, 0.2) is 47.4 Å². The lowest BCUT2D eigenvalue weighted by molar-refractivity contribution is 0.581. The van der Waals surface area contributed by atoms with E-state index in [1.807, 2.05) is 43.3 Å². The molecule has 4 rings (SSSR count). The van der Waals surface area contributed by atoms with Crippen molar-refractivity contribution in [2.75, 3.05) is 0 Å². The predicted molar refractivity (Wildman–Crippen MR) is 114 cm³/mol. The van der Waals surface area contributed by atoms with Crippen molar-refractivity contribution in [3.05, 3.63) is 69.2 Å². The van der Waals surface area contributed by atoms with E-state index in [4.69, 9.17) is 11.6 Å². The van der Waals surface area contributed by atoms with Crippen LogP contribution < -0.4 is 4.72 Å². The molecule has 1 heterocycles. The number of rotatable bonds is 5. The van der Waals surface area contributed by atoms with Gasteiger partial charge in [0.2, 0.25) is 10.0 Å². The Morgan fingerprint density at radius 2 is 1.86 bits per heavy atom. The van der Waals surface area contributed by atoms with Gasteiger partial charge in [0.1, 0.15) is 5.01 Å². The third kappa shape index (κ3) is 4.01. The molecule has 0 bridgehead atoms. The van der Waals surface area contributed by atoms with Crippen LogP contribution in [0.2, 0.25) is 5.02 Å². The highest BCUT2D eigenvalue weighted by atomic mass is 35.5. The van der Waals surface area contributed by atoms with E-state index in [2.05, 4.69) is 9.71 Å². The topological polar surface area (TPSA) is 59.1 Å². The Hall–Kier alpha value is -1.73. The van der Waals surface area contributed by atoms with E-state index < -0.39 is 10.0 Å². The lowest BCUT2D eigenvalue weighted by Gasteiger charge is -2.16. The minimum absolute atomic E-state index is 0.216. The van der Waals surface area contributed by atoms with Crippen molar-refractivity contribution in [3.8, 4) is 10.6 Å². The first kappa shape index (κ1) is 19.6. The fourth-order valence-electron chi connectivity index (χ4n) is 3.46. The molecule has 1 aromatic heterocycles. The Morgan fingerprint density at radius 1 is 1.11 bits per heavy atom. The zero-order chi connectivity index (χ0) is 19.7.